The monoisotopic (exact) mass is 367 g/mol. The number of ether oxygens (including phenoxy) is 2. The van der Waals surface area contributed by atoms with Gasteiger partial charge in [0.15, 0.2) is 11.5 Å². The van der Waals surface area contributed by atoms with Gasteiger partial charge in [0.2, 0.25) is 6.79 Å². The van der Waals surface area contributed by atoms with Crippen LogP contribution in [0, 0.1) is 0 Å². The summed E-state index contributed by atoms with van der Waals surface area (Å²) in [5, 5.41) is 2.60. The average molecular weight is 368 g/mol. The second-order valence-corrected chi connectivity index (χ2v) is 6.43. The van der Waals surface area contributed by atoms with Gasteiger partial charge in [0.25, 0.3) is 0 Å². The van der Waals surface area contributed by atoms with Crippen LogP contribution < -0.4 is 14.8 Å². The zero-order valence-electron chi connectivity index (χ0n) is 14.0. The highest BCUT2D eigenvalue weighted by Crippen LogP contribution is 2.32. The van der Waals surface area contributed by atoms with Gasteiger partial charge in [-0.1, -0.05) is 6.07 Å². The van der Waals surface area contributed by atoms with Gasteiger partial charge in [-0.2, -0.15) is 0 Å². The molecule has 3 rings (SSSR count). The maximum Gasteiger partial charge on any atom is 0.311 e. The molecule has 0 aliphatic carbocycles. The Morgan fingerprint density at radius 2 is 1.88 bits per heavy atom. The minimum absolute atomic E-state index is 0.270. The van der Waals surface area contributed by atoms with Gasteiger partial charge in [-0.15, -0.1) is 11.6 Å². The predicted molar refractivity (Wildman–Crippen MR) is 92.8 cm³/mol. The van der Waals surface area contributed by atoms with Gasteiger partial charge in [-0.25, -0.2) is 0 Å². The minimum Gasteiger partial charge on any atom is -0.454 e. The van der Waals surface area contributed by atoms with E-state index in [9.17, 15) is 9.59 Å². The molecule has 25 heavy (non-hydrogen) atoms. The van der Waals surface area contributed by atoms with Crippen molar-refractivity contribution in [2.24, 2.45) is 0 Å². The molecule has 0 spiro atoms. The molecule has 0 saturated carbocycles. The summed E-state index contributed by atoms with van der Waals surface area (Å²) >= 11 is 5.56. The van der Waals surface area contributed by atoms with Crippen LogP contribution >= 0.6 is 11.6 Å². The molecule has 1 aromatic rings. The van der Waals surface area contributed by atoms with Crippen molar-refractivity contribution in [1.82, 2.24) is 15.1 Å². The van der Waals surface area contributed by atoms with Gasteiger partial charge in [-0.05, 0) is 24.1 Å². The fraction of sp³-hybridized carbons (Fsp3) is 0.529. The van der Waals surface area contributed by atoms with Crippen molar-refractivity contribution in [2.75, 3.05) is 45.4 Å². The number of halogens is 1. The average Bonchev–Trinajstić information content (AvgIpc) is 3.09. The fourth-order valence-electron chi connectivity index (χ4n) is 2.89. The van der Waals surface area contributed by atoms with E-state index in [2.05, 4.69) is 10.2 Å². The normalized spacial score (nSPS) is 16.8. The first-order chi connectivity index (χ1) is 12.2. The zero-order valence-corrected chi connectivity index (χ0v) is 14.8. The quantitative estimate of drug-likeness (QED) is 0.473. The highest BCUT2D eigenvalue weighted by Gasteiger charge is 2.26. The lowest BCUT2D eigenvalue weighted by molar-refractivity contribution is -0.147. The van der Waals surface area contributed by atoms with Crippen molar-refractivity contribution in [1.29, 1.82) is 0 Å². The van der Waals surface area contributed by atoms with E-state index in [0.717, 1.165) is 36.7 Å². The van der Waals surface area contributed by atoms with Crippen LogP contribution in [0.4, 0.5) is 0 Å². The smallest absolute Gasteiger partial charge is 0.311 e. The number of carbonyl (C=O) groups is 2. The summed E-state index contributed by atoms with van der Waals surface area (Å²) in [7, 11) is 0. The number of piperazine rings is 1. The maximum atomic E-state index is 12.1. The summed E-state index contributed by atoms with van der Waals surface area (Å²) < 4.78 is 10.7. The molecule has 0 aromatic heterocycles. The number of nitrogens with one attached hydrogen (secondary N) is 1. The van der Waals surface area contributed by atoms with Crippen LogP contribution in [0.5, 0.6) is 11.5 Å². The van der Waals surface area contributed by atoms with Crippen LogP contribution in [0.1, 0.15) is 12.0 Å². The largest absolute Gasteiger partial charge is 0.454 e. The number of hydrogen-bond donors (Lipinski definition) is 1. The third-order valence-corrected chi connectivity index (χ3v) is 4.56. The maximum absolute atomic E-state index is 12.1. The van der Waals surface area contributed by atoms with E-state index in [1.165, 1.54) is 0 Å². The van der Waals surface area contributed by atoms with E-state index in [0.29, 0.717) is 31.9 Å². The number of benzene rings is 1. The second kappa shape index (κ2) is 8.40. The lowest BCUT2D eigenvalue weighted by Gasteiger charge is -2.34. The van der Waals surface area contributed by atoms with E-state index in [-0.39, 0.29) is 6.79 Å². The van der Waals surface area contributed by atoms with Gasteiger partial charge < -0.3 is 19.7 Å². The number of hydrogen-bond acceptors (Lipinski definition) is 5. The topological polar surface area (TPSA) is 71.1 Å². The SMILES string of the molecule is O=C(NCCCCl)C(=O)N1CCN(Cc2ccc3c(c2)OCO3)CC1. The summed E-state index contributed by atoms with van der Waals surface area (Å²) in [5.74, 6) is 1.01. The molecule has 2 aliphatic heterocycles. The van der Waals surface area contributed by atoms with Crippen molar-refractivity contribution in [3.63, 3.8) is 0 Å². The standard InChI is InChI=1S/C17H22ClN3O4/c18-4-1-5-19-16(22)17(23)21-8-6-20(7-9-21)11-13-2-3-14-15(10-13)25-12-24-14/h2-3,10H,1,4-9,11-12H2,(H,19,22). The number of nitrogens with zero attached hydrogens (tertiary/aromatic N) is 2. The minimum atomic E-state index is -0.547. The molecule has 2 aliphatic rings. The summed E-state index contributed by atoms with van der Waals surface area (Å²) in [5.41, 5.74) is 1.14. The van der Waals surface area contributed by atoms with Crippen LogP contribution in [0.3, 0.4) is 0 Å². The summed E-state index contributed by atoms with van der Waals surface area (Å²) in [4.78, 5) is 27.8. The molecule has 0 unspecified atom stereocenters. The van der Waals surface area contributed by atoms with Crippen LogP contribution in [0.25, 0.3) is 0 Å². The van der Waals surface area contributed by atoms with Crippen LogP contribution in [0.15, 0.2) is 18.2 Å². The van der Waals surface area contributed by atoms with E-state index in [1.54, 1.807) is 4.90 Å². The third-order valence-electron chi connectivity index (χ3n) is 4.29. The molecule has 7 nitrogen and oxygen atoms in total. The Morgan fingerprint density at radius 3 is 2.64 bits per heavy atom. The molecule has 1 aromatic carbocycles. The molecule has 8 heteroatoms. The second-order valence-electron chi connectivity index (χ2n) is 6.05. The van der Waals surface area contributed by atoms with E-state index in [4.69, 9.17) is 21.1 Å². The molecule has 136 valence electrons. The van der Waals surface area contributed by atoms with Gasteiger partial charge in [0, 0.05) is 45.1 Å². The van der Waals surface area contributed by atoms with Crippen LogP contribution in [0.2, 0.25) is 0 Å². The summed E-state index contributed by atoms with van der Waals surface area (Å²) in [6.07, 6.45) is 0.657. The molecule has 2 heterocycles. The Bertz CT molecular complexity index is 632. The van der Waals surface area contributed by atoms with Gasteiger partial charge >= 0.3 is 11.8 Å². The third kappa shape index (κ3) is 4.55. The van der Waals surface area contributed by atoms with E-state index < -0.39 is 11.8 Å². The Hall–Kier alpha value is -1.99. The fourth-order valence-corrected chi connectivity index (χ4v) is 3.03. The lowest BCUT2D eigenvalue weighted by Crippen LogP contribution is -2.52. The number of amides is 2. The predicted octanol–water partition coefficient (Wildman–Crippen LogP) is 0.805. The Balaban J connectivity index is 1.45. The molecule has 1 saturated heterocycles. The van der Waals surface area contributed by atoms with Gasteiger partial charge in [0.05, 0.1) is 0 Å². The number of carbonyl (C=O) groups excluding carboxylic acids is 2. The number of fused-ring (bicyclic) bond motifs is 1. The zero-order chi connectivity index (χ0) is 17.6. The first-order valence-electron chi connectivity index (χ1n) is 8.41. The van der Waals surface area contributed by atoms with Crippen molar-refractivity contribution in [2.45, 2.75) is 13.0 Å². The lowest BCUT2D eigenvalue weighted by atomic mass is 10.1. The van der Waals surface area contributed by atoms with E-state index >= 15 is 0 Å². The molecule has 1 fully saturated rings. The number of rotatable bonds is 5. The number of alkyl halides is 1. The molecule has 0 radical (unpaired) electrons. The van der Waals surface area contributed by atoms with Gasteiger partial charge in [-0.3, -0.25) is 14.5 Å². The van der Waals surface area contributed by atoms with Crippen molar-refractivity contribution in [3.8, 4) is 11.5 Å². The van der Waals surface area contributed by atoms with Gasteiger partial charge in [0.1, 0.15) is 0 Å². The molecular formula is C17H22ClN3O4. The summed E-state index contributed by atoms with van der Waals surface area (Å²) in [6, 6.07) is 5.93. The van der Waals surface area contributed by atoms with E-state index in [1.807, 2.05) is 18.2 Å². The van der Waals surface area contributed by atoms with Crippen LogP contribution in [-0.4, -0.2) is 67.0 Å². The Kier molecular flexibility index (Phi) is 5.99. The molecule has 1 N–H and O–H groups in total. The first kappa shape index (κ1) is 17.8. The summed E-state index contributed by atoms with van der Waals surface area (Å²) in [6.45, 7) is 4.04. The van der Waals surface area contributed by atoms with Crippen molar-refractivity contribution in [3.05, 3.63) is 23.8 Å². The Labute approximate surface area is 151 Å². The molecule has 0 bridgehead atoms. The molecule has 0 atom stereocenters. The highest BCUT2D eigenvalue weighted by molar-refractivity contribution is 6.35. The first-order valence-corrected chi connectivity index (χ1v) is 8.95. The molecular weight excluding hydrogens is 346 g/mol. The van der Waals surface area contributed by atoms with Crippen LogP contribution in [-0.2, 0) is 16.1 Å². The molecule has 2 amide bonds. The Morgan fingerprint density at radius 1 is 1.12 bits per heavy atom. The highest BCUT2D eigenvalue weighted by atomic mass is 35.5. The van der Waals surface area contributed by atoms with Crippen molar-refractivity contribution >= 4 is 23.4 Å². The van der Waals surface area contributed by atoms with Crippen molar-refractivity contribution < 1.29 is 19.1 Å².